The number of nitro benzene ring substituents is 1. The number of nitro groups is 1. The Morgan fingerprint density at radius 2 is 1.83 bits per heavy atom. The number of benzene rings is 2. The minimum atomic E-state index is -1.05. The van der Waals surface area contributed by atoms with Crippen LogP contribution in [0.3, 0.4) is 0 Å². The van der Waals surface area contributed by atoms with Crippen LogP contribution in [0.15, 0.2) is 54.2 Å². The number of piperazine rings is 1. The highest BCUT2D eigenvalue weighted by Gasteiger charge is 2.46. The molecule has 2 aromatic rings. The minimum absolute atomic E-state index is 0.0875. The van der Waals surface area contributed by atoms with E-state index in [1.807, 2.05) is 37.3 Å². The molecule has 7 nitrogen and oxygen atoms in total. The standard InChI is InChI=1S/C22H23N3O4/c1-4-22(14-16-10-6-5-7-11-16)21(27)24(3)19(20(26)23-22)13-17-15(2)9-8-12-18(17)25(28)29/h5-13H,4,14H2,1-3H3,(H,23,26)/b19-13+. The molecule has 0 saturated carbocycles. The van der Waals surface area contributed by atoms with Crippen LogP contribution in [0, 0.1) is 17.0 Å². The first kappa shape index (κ1) is 20.3. The quantitative estimate of drug-likeness (QED) is 0.480. The number of amides is 2. The first-order valence-electron chi connectivity index (χ1n) is 9.39. The summed E-state index contributed by atoms with van der Waals surface area (Å²) < 4.78 is 0. The van der Waals surface area contributed by atoms with E-state index in [1.165, 1.54) is 24.1 Å². The van der Waals surface area contributed by atoms with Crippen LogP contribution in [0.1, 0.15) is 30.0 Å². The van der Waals surface area contributed by atoms with Crippen LogP contribution in [0.5, 0.6) is 0 Å². The van der Waals surface area contributed by atoms with Gasteiger partial charge in [-0.3, -0.25) is 19.7 Å². The second kappa shape index (κ2) is 7.87. The maximum Gasteiger partial charge on any atom is 0.276 e. The summed E-state index contributed by atoms with van der Waals surface area (Å²) in [6.07, 6.45) is 2.22. The van der Waals surface area contributed by atoms with E-state index < -0.39 is 16.4 Å². The molecule has 0 aliphatic carbocycles. The Hall–Kier alpha value is -3.48. The highest BCUT2D eigenvalue weighted by Crippen LogP contribution is 2.30. The number of nitrogens with one attached hydrogen (secondary N) is 1. The van der Waals surface area contributed by atoms with Gasteiger partial charge in [0.2, 0.25) is 0 Å². The molecule has 1 fully saturated rings. The fourth-order valence-electron chi connectivity index (χ4n) is 3.66. The summed E-state index contributed by atoms with van der Waals surface area (Å²) in [6.45, 7) is 3.59. The van der Waals surface area contributed by atoms with Crippen molar-refractivity contribution in [2.24, 2.45) is 0 Å². The van der Waals surface area contributed by atoms with Crippen molar-refractivity contribution in [1.29, 1.82) is 0 Å². The second-order valence-electron chi connectivity index (χ2n) is 7.21. The monoisotopic (exact) mass is 393 g/mol. The summed E-state index contributed by atoms with van der Waals surface area (Å²) in [5, 5.41) is 14.3. The number of hydrogen-bond acceptors (Lipinski definition) is 4. The molecule has 1 aliphatic rings. The molecule has 1 unspecified atom stereocenters. The molecular weight excluding hydrogens is 370 g/mol. The fourth-order valence-corrected chi connectivity index (χ4v) is 3.66. The highest BCUT2D eigenvalue weighted by molar-refractivity contribution is 6.09. The molecule has 0 bridgehead atoms. The van der Waals surface area contributed by atoms with E-state index >= 15 is 0 Å². The van der Waals surface area contributed by atoms with Crippen molar-refractivity contribution in [3.05, 3.63) is 81.0 Å². The number of aryl methyl sites for hydroxylation is 1. The first-order chi connectivity index (χ1) is 13.8. The third-order valence-electron chi connectivity index (χ3n) is 5.39. The van der Waals surface area contributed by atoms with Crippen LogP contribution in [-0.4, -0.2) is 34.2 Å². The van der Waals surface area contributed by atoms with Crippen LogP contribution in [0.25, 0.3) is 6.08 Å². The SMILES string of the molecule is CCC1(Cc2ccccc2)NC(=O)/C(=C\c2c(C)cccc2[N+](=O)[O-])N(C)C1=O. The van der Waals surface area contributed by atoms with E-state index in [1.54, 1.807) is 19.1 Å². The summed E-state index contributed by atoms with van der Waals surface area (Å²) in [4.78, 5) is 38.4. The molecule has 1 atom stereocenters. The van der Waals surface area contributed by atoms with Gasteiger partial charge in [-0.1, -0.05) is 49.4 Å². The van der Waals surface area contributed by atoms with E-state index in [-0.39, 0.29) is 17.3 Å². The van der Waals surface area contributed by atoms with Crippen molar-refractivity contribution in [2.75, 3.05) is 7.05 Å². The van der Waals surface area contributed by atoms with Gasteiger partial charge in [-0.05, 0) is 30.5 Å². The maximum atomic E-state index is 13.3. The smallest absolute Gasteiger partial charge is 0.276 e. The molecule has 2 amide bonds. The van der Waals surface area contributed by atoms with Gasteiger partial charge < -0.3 is 10.2 Å². The van der Waals surface area contributed by atoms with E-state index in [2.05, 4.69) is 5.32 Å². The molecule has 0 radical (unpaired) electrons. The zero-order chi connectivity index (χ0) is 21.2. The topological polar surface area (TPSA) is 92.5 Å². The lowest BCUT2D eigenvalue weighted by Crippen LogP contribution is -2.65. The van der Waals surface area contributed by atoms with Crippen LogP contribution in [0.2, 0.25) is 0 Å². The van der Waals surface area contributed by atoms with Crippen LogP contribution < -0.4 is 5.32 Å². The molecular formula is C22H23N3O4. The fraction of sp³-hybridized carbons (Fsp3) is 0.273. The third-order valence-corrected chi connectivity index (χ3v) is 5.39. The molecule has 150 valence electrons. The predicted molar refractivity (Wildman–Crippen MR) is 110 cm³/mol. The highest BCUT2D eigenvalue weighted by atomic mass is 16.6. The lowest BCUT2D eigenvalue weighted by Gasteiger charge is -2.41. The molecule has 0 aromatic heterocycles. The van der Waals surface area contributed by atoms with Crippen molar-refractivity contribution in [3.63, 3.8) is 0 Å². The zero-order valence-electron chi connectivity index (χ0n) is 16.6. The molecule has 7 heteroatoms. The van der Waals surface area contributed by atoms with Gasteiger partial charge in [-0.2, -0.15) is 0 Å². The third kappa shape index (κ3) is 3.76. The van der Waals surface area contributed by atoms with Crippen LogP contribution in [-0.2, 0) is 16.0 Å². The summed E-state index contributed by atoms with van der Waals surface area (Å²) in [5.74, 6) is -0.673. The Morgan fingerprint density at radius 1 is 1.14 bits per heavy atom. The van der Waals surface area contributed by atoms with Crippen molar-refractivity contribution in [3.8, 4) is 0 Å². The van der Waals surface area contributed by atoms with Gasteiger partial charge >= 0.3 is 0 Å². The Balaban J connectivity index is 2.01. The number of carbonyl (C=O) groups is 2. The zero-order valence-corrected chi connectivity index (χ0v) is 16.6. The molecule has 2 aromatic carbocycles. The van der Waals surface area contributed by atoms with Gasteiger partial charge in [0.1, 0.15) is 11.2 Å². The van der Waals surface area contributed by atoms with E-state index in [9.17, 15) is 19.7 Å². The largest absolute Gasteiger partial charge is 0.336 e. The number of hydrogen-bond donors (Lipinski definition) is 1. The van der Waals surface area contributed by atoms with Gasteiger partial charge in [-0.15, -0.1) is 0 Å². The minimum Gasteiger partial charge on any atom is -0.336 e. The molecule has 3 rings (SSSR count). The Kier molecular flexibility index (Phi) is 5.50. The lowest BCUT2D eigenvalue weighted by molar-refractivity contribution is -0.385. The Bertz CT molecular complexity index is 1000. The van der Waals surface area contributed by atoms with Crippen LogP contribution in [0.4, 0.5) is 5.69 Å². The first-order valence-corrected chi connectivity index (χ1v) is 9.39. The molecule has 1 heterocycles. The molecule has 1 aliphatic heterocycles. The Morgan fingerprint density at radius 3 is 2.45 bits per heavy atom. The summed E-state index contributed by atoms with van der Waals surface area (Å²) >= 11 is 0. The number of nitrogens with zero attached hydrogens (tertiary/aromatic N) is 2. The number of carbonyl (C=O) groups excluding carboxylic acids is 2. The second-order valence-corrected chi connectivity index (χ2v) is 7.21. The number of likely N-dealkylation sites (N-methyl/N-ethyl adjacent to an activating group) is 1. The lowest BCUT2D eigenvalue weighted by atomic mass is 9.84. The average molecular weight is 393 g/mol. The van der Waals surface area contributed by atoms with Gasteiger partial charge in [-0.25, -0.2) is 0 Å². The summed E-state index contributed by atoms with van der Waals surface area (Å²) in [7, 11) is 1.53. The van der Waals surface area contributed by atoms with Crippen molar-refractivity contribution >= 4 is 23.6 Å². The molecule has 0 spiro atoms. The van der Waals surface area contributed by atoms with E-state index in [0.717, 1.165) is 5.56 Å². The maximum absolute atomic E-state index is 13.3. The van der Waals surface area contributed by atoms with Crippen molar-refractivity contribution in [1.82, 2.24) is 10.2 Å². The summed E-state index contributed by atoms with van der Waals surface area (Å²) in [6, 6.07) is 14.2. The molecule has 1 N–H and O–H groups in total. The van der Waals surface area contributed by atoms with Gasteiger partial charge in [0.15, 0.2) is 0 Å². The summed E-state index contributed by atoms with van der Waals surface area (Å²) in [5.41, 5.74) is 0.833. The Labute approximate surface area is 169 Å². The normalized spacial score (nSPS) is 20.7. The number of rotatable bonds is 5. The predicted octanol–water partition coefficient (Wildman–Crippen LogP) is 3.22. The molecule has 29 heavy (non-hydrogen) atoms. The molecule has 1 saturated heterocycles. The van der Waals surface area contributed by atoms with Gasteiger partial charge in [0.05, 0.1) is 10.5 Å². The van der Waals surface area contributed by atoms with Crippen molar-refractivity contribution < 1.29 is 14.5 Å². The van der Waals surface area contributed by atoms with Gasteiger partial charge in [0.25, 0.3) is 17.5 Å². The van der Waals surface area contributed by atoms with Crippen LogP contribution >= 0.6 is 0 Å². The average Bonchev–Trinajstić information content (AvgIpc) is 2.70. The van der Waals surface area contributed by atoms with Crippen molar-refractivity contribution in [2.45, 2.75) is 32.2 Å². The van der Waals surface area contributed by atoms with E-state index in [0.29, 0.717) is 24.0 Å². The van der Waals surface area contributed by atoms with Gasteiger partial charge in [0, 0.05) is 19.5 Å². The van der Waals surface area contributed by atoms with E-state index in [4.69, 9.17) is 0 Å².